The summed E-state index contributed by atoms with van der Waals surface area (Å²) < 4.78 is 26.4. The Hall–Kier alpha value is -1.11. The summed E-state index contributed by atoms with van der Waals surface area (Å²) in [6, 6.07) is 5.19. The van der Waals surface area contributed by atoms with Gasteiger partial charge in [-0.3, -0.25) is 0 Å². The Morgan fingerprint density at radius 3 is 2.84 bits per heavy atom. The fraction of sp³-hybridized carbons (Fsp3) is 0.538. The summed E-state index contributed by atoms with van der Waals surface area (Å²) in [5.41, 5.74) is 2.06. The Kier molecular flexibility index (Phi) is 4.44. The van der Waals surface area contributed by atoms with Crippen molar-refractivity contribution in [2.75, 3.05) is 31.6 Å². The summed E-state index contributed by atoms with van der Waals surface area (Å²) in [5, 5.41) is 12.2. The lowest BCUT2D eigenvalue weighted by molar-refractivity contribution is 0.253. The van der Waals surface area contributed by atoms with Crippen molar-refractivity contribution in [1.29, 1.82) is 0 Å². The quantitative estimate of drug-likeness (QED) is 0.819. The van der Waals surface area contributed by atoms with E-state index in [1.807, 2.05) is 13.0 Å². The third-order valence-corrected chi connectivity index (χ3v) is 5.14. The molecule has 0 saturated heterocycles. The van der Waals surface area contributed by atoms with Crippen LogP contribution in [0.1, 0.15) is 18.9 Å². The Balaban J connectivity index is 2.32. The molecule has 1 aliphatic heterocycles. The van der Waals surface area contributed by atoms with Gasteiger partial charge in [-0.25, -0.2) is 8.42 Å². The molecule has 5 nitrogen and oxygen atoms in total. The normalized spacial score (nSPS) is 14.5. The van der Waals surface area contributed by atoms with Crippen molar-refractivity contribution in [3.8, 4) is 0 Å². The average molecular weight is 284 g/mol. The Morgan fingerprint density at radius 1 is 1.37 bits per heavy atom. The second-order valence-corrected chi connectivity index (χ2v) is 6.56. The molecule has 0 aromatic heterocycles. The largest absolute Gasteiger partial charge is 0.395 e. The van der Waals surface area contributed by atoms with Gasteiger partial charge < -0.3 is 10.4 Å². The van der Waals surface area contributed by atoms with Gasteiger partial charge in [-0.15, -0.1) is 0 Å². The molecule has 0 bridgehead atoms. The van der Waals surface area contributed by atoms with Gasteiger partial charge in [0.15, 0.2) is 0 Å². The van der Waals surface area contributed by atoms with Crippen LogP contribution in [0.3, 0.4) is 0 Å². The van der Waals surface area contributed by atoms with Crippen molar-refractivity contribution in [2.45, 2.75) is 24.7 Å². The number of aliphatic hydroxyl groups excluding tert-OH is 1. The number of sulfonamides is 1. The molecule has 2 rings (SSSR count). The van der Waals surface area contributed by atoms with Gasteiger partial charge in [0.25, 0.3) is 0 Å². The van der Waals surface area contributed by atoms with Crippen LogP contribution in [0.2, 0.25) is 0 Å². The number of nitrogens with one attached hydrogen (secondary N) is 1. The van der Waals surface area contributed by atoms with Crippen molar-refractivity contribution in [1.82, 2.24) is 4.31 Å². The molecule has 0 radical (unpaired) electrons. The number of fused-ring (bicyclic) bond motifs is 1. The van der Waals surface area contributed by atoms with E-state index in [0.29, 0.717) is 11.4 Å². The second-order valence-electron chi connectivity index (χ2n) is 4.62. The first-order valence-electron chi connectivity index (χ1n) is 6.57. The van der Waals surface area contributed by atoms with E-state index in [2.05, 4.69) is 5.32 Å². The summed E-state index contributed by atoms with van der Waals surface area (Å²) in [7, 11) is -3.50. The van der Waals surface area contributed by atoms with Gasteiger partial charge in [-0.05, 0) is 36.6 Å². The van der Waals surface area contributed by atoms with Crippen LogP contribution in [0.25, 0.3) is 0 Å². The molecule has 0 saturated carbocycles. The van der Waals surface area contributed by atoms with Gasteiger partial charge in [-0.2, -0.15) is 4.31 Å². The van der Waals surface area contributed by atoms with Gasteiger partial charge >= 0.3 is 0 Å². The average Bonchev–Trinajstić information content (AvgIpc) is 2.85. The predicted octanol–water partition coefficient (Wildman–Crippen LogP) is 1.05. The highest BCUT2D eigenvalue weighted by molar-refractivity contribution is 7.89. The Bertz CT molecular complexity index is 537. The number of anilines is 1. The van der Waals surface area contributed by atoms with Crippen LogP contribution in [0.5, 0.6) is 0 Å². The Morgan fingerprint density at radius 2 is 2.16 bits per heavy atom. The summed E-state index contributed by atoms with van der Waals surface area (Å²) in [6.07, 6.45) is 1.58. The summed E-state index contributed by atoms with van der Waals surface area (Å²) in [5.74, 6) is 0. The first-order chi connectivity index (χ1) is 9.09. The van der Waals surface area contributed by atoms with Crippen LogP contribution in [-0.4, -0.2) is 44.1 Å². The van der Waals surface area contributed by atoms with Gasteiger partial charge in [0.05, 0.1) is 11.5 Å². The minimum absolute atomic E-state index is 0.144. The molecule has 1 aromatic carbocycles. The van der Waals surface area contributed by atoms with Crippen molar-refractivity contribution in [2.24, 2.45) is 0 Å². The minimum Gasteiger partial charge on any atom is -0.395 e. The van der Waals surface area contributed by atoms with E-state index in [9.17, 15) is 8.42 Å². The molecule has 1 aliphatic rings. The van der Waals surface area contributed by atoms with E-state index < -0.39 is 10.0 Å². The van der Waals surface area contributed by atoms with Crippen molar-refractivity contribution in [3.63, 3.8) is 0 Å². The zero-order chi connectivity index (χ0) is 13.9. The van der Waals surface area contributed by atoms with Crippen LogP contribution in [0, 0.1) is 0 Å². The summed E-state index contributed by atoms with van der Waals surface area (Å²) in [4.78, 5) is 0.317. The summed E-state index contributed by atoms with van der Waals surface area (Å²) >= 11 is 0. The maximum absolute atomic E-state index is 12.5. The zero-order valence-electron chi connectivity index (χ0n) is 11.1. The van der Waals surface area contributed by atoms with E-state index in [4.69, 9.17) is 5.11 Å². The van der Waals surface area contributed by atoms with E-state index in [1.165, 1.54) is 4.31 Å². The van der Waals surface area contributed by atoms with Crippen LogP contribution < -0.4 is 5.32 Å². The van der Waals surface area contributed by atoms with E-state index in [0.717, 1.165) is 30.6 Å². The first-order valence-corrected chi connectivity index (χ1v) is 8.01. The second kappa shape index (κ2) is 5.90. The fourth-order valence-electron chi connectivity index (χ4n) is 2.30. The number of nitrogens with zero attached hydrogens (tertiary/aromatic N) is 1. The molecule has 2 N–H and O–H groups in total. The fourth-order valence-corrected chi connectivity index (χ4v) is 3.88. The molecule has 0 fully saturated rings. The smallest absolute Gasteiger partial charge is 0.243 e. The SMILES string of the molecule is CCCN(CCO)S(=O)(=O)c1ccc2c(c1)CCN2. The monoisotopic (exact) mass is 284 g/mol. The van der Waals surface area contributed by atoms with Crippen molar-refractivity contribution in [3.05, 3.63) is 23.8 Å². The van der Waals surface area contributed by atoms with E-state index >= 15 is 0 Å². The number of benzene rings is 1. The highest BCUT2D eigenvalue weighted by atomic mass is 32.2. The standard InChI is InChI=1S/C13H20N2O3S/c1-2-7-15(8-9-16)19(17,18)12-3-4-13-11(10-12)5-6-14-13/h3-4,10,14,16H,2,5-9H2,1H3. The van der Waals surface area contributed by atoms with Crippen LogP contribution in [-0.2, 0) is 16.4 Å². The molecule has 1 aromatic rings. The molecule has 0 amide bonds. The predicted molar refractivity (Wildman–Crippen MR) is 74.8 cm³/mol. The topological polar surface area (TPSA) is 69.6 Å². The minimum atomic E-state index is -3.50. The van der Waals surface area contributed by atoms with Gasteiger partial charge in [0.1, 0.15) is 0 Å². The number of hydrogen-bond donors (Lipinski definition) is 2. The highest BCUT2D eigenvalue weighted by Gasteiger charge is 2.24. The van der Waals surface area contributed by atoms with Crippen LogP contribution >= 0.6 is 0 Å². The maximum atomic E-state index is 12.5. The molecule has 0 spiro atoms. The van der Waals surface area contributed by atoms with Gasteiger partial charge in [0.2, 0.25) is 10.0 Å². The number of rotatable bonds is 6. The van der Waals surface area contributed by atoms with Crippen LogP contribution in [0.4, 0.5) is 5.69 Å². The molecule has 19 heavy (non-hydrogen) atoms. The number of aliphatic hydroxyl groups is 1. The third kappa shape index (κ3) is 2.91. The Labute approximate surface area is 114 Å². The van der Waals surface area contributed by atoms with Gasteiger partial charge in [0, 0.05) is 25.3 Å². The molecule has 1 heterocycles. The lowest BCUT2D eigenvalue weighted by Gasteiger charge is -2.21. The molecule has 0 unspecified atom stereocenters. The van der Waals surface area contributed by atoms with Crippen molar-refractivity contribution < 1.29 is 13.5 Å². The number of hydrogen-bond acceptors (Lipinski definition) is 4. The van der Waals surface area contributed by atoms with Crippen molar-refractivity contribution >= 4 is 15.7 Å². The molecule has 0 atom stereocenters. The first kappa shape index (κ1) is 14.3. The third-order valence-electron chi connectivity index (χ3n) is 3.25. The van der Waals surface area contributed by atoms with E-state index in [1.54, 1.807) is 12.1 Å². The highest BCUT2D eigenvalue weighted by Crippen LogP contribution is 2.26. The molecular formula is C13H20N2O3S. The summed E-state index contributed by atoms with van der Waals surface area (Å²) in [6.45, 7) is 3.19. The maximum Gasteiger partial charge on any atom is 0.243 e. The van der Waals surface area contributed by atoms with Crippen LogP contribution in [0.15, 0.2) is 23.1 Å². The molecular weight excluding hydrogens is 264 g/mol. The van der Waals surface area contributed by atoms with Gasteiger partial charge in [-0.1, -0.05) is 6.92 Å². The lowest BCUT2D eigenvalue weighted by Crippen LogP contribution is -2.34. The molecule has 106 valence electrons. The van der Waals surface area contributed by atoms with E-state index in [-0.39, 0.29) is 13.2 Å². The molecule has 6 heteroatoms. The zero-order valence-corrected chi connectivity index (χ0v) is 11.9. The molecule has 0 aliphatic carbocycles. The lowest BCUT2D eigenvalue weighted by atomic mass is 10.2.